The summed E-state index contributed by atoms with van der Waals surface area (Å²) in [6, 6.07) is 2.26. The van der Waals surface area contributed by atoms with Gasteiger partial charge in [0.2, 0.25) is 5.91 Å². The average molecular weight is 268 g/mol. The predicted octanol–water partition coefficient (Wildman–Crippen LogP) is 3.06. The summed E-state index contributed by atoms with van der Waals surface area (Å²) in [4.78, 5) is 14.5. The summed E-state index contributed by atoms with van der Waals surface area (Å²) in [7, 11) is 0. The zero-order valence-electron chi connectivity index (χ0n) is 11.7. The lowest BCUT2D eigenvalue weighted by Gasteiger charge is -2.30. The van der Waals surface area contributed by atoms with Crippen LogP contribution >= 0.6 is 11.8 Å². The van der Waals surface area contributed by atoms with Crippen LogP contribution in [-0.4, -0.2) is 35.4 Å². The van der Waals surface area contributed by atoms with E-state index < -0.39 is 5.41 Å². The third-order valence-corrected chi connectivity index (χ3v) is 5.26. The molecule has 1 unspecified atom stereocenters. The van der Waals surface area contributed by atoms with Crippen LogP contribution in [0.25, 0.3) is 0 Å². The number of carbonyl (C=O) groups excluding carboxylic acids is 1. The Balaban J connectivity index is 2.75. The van der Waals surface area contributed by atoms with Crippen LogP contribution in [-0.2, 0) is 4.79 Å². The predicted molar refractivity (Wildman–Crippen MR) is 76.4 cm³/mol. The maximum absolute atomic E-state index is 12.6. The molecule has 0 aromatic carbocycles. The molecular formula is C14H24N2OS. The van der Waals surface area contributed by atoms with E-state index in [0.717, 1.165) is 25.9 Å². The van der Waals surface area contributed by atoms with Gasteiger partial charge in [0.15, 0.2) is 0 Å². The molecule has 0 radical (unpaired) electrons. The number of rotatable bonds is 4. The summed E-state index contributed by atoms with van der Waals surface area (Å²) in [5.41, 5.74) is -0.792. The van der Waals surface area contributed by atoms with Crippen LogP contribution in [0, 0.1) is 16.7 Å². The number of thioether (sulfide) groups is 1. The minimum absolute atomic E-state index is 0.0525. The molecule has 1 amide bonds. The number of hydrogen-bond acceptors (Lipinski definition) is 3. The molecule has 3 nitrogen and oxygen atoms in total. The quantitative estimate of drug-likeness (QED) is 0.787. The van der Waals surface area contributed by atoms with Crippen molar-refractivity contribution in [2.75, 3.05) is 19.3 Å². The van der Waals surface area contributed by atoms with E-state index in [1.165, 1.54) is 6.42 Å². The zero-order valence-corrected chi connectivity index (χ0v) is 12.6. The molecule has 1 saturated heterocycles. The van der Waals surface area contributed by atoms with E-state index in [0.29, 0.717) is 18.1 Å². The Bertz CT molecular complexity index is 320. The van der Waals surface area contributed by atoms with Crippen molar-refractivity contribution in [2.24, 2.45) is 5.41 Å². The second-order valence-corrected chi connectivity index (χ2v) is 6.12. The van der Waals surface area contributed by atoms with Crippen LogP contribution in [0.15, 0.2) is 0 Å². The number of nitriles is 1. The smallest absolute Gasteiger partial charge is 0.243 e. The lowest BCUT2D eigenvalue weighted by atomic mass is 9.82. The van der Waals surface area contributed by atoms with E-state index in [1.807, 2.05) is 30.5 Å². The molecule has 0 aliphatic carbocycles. The summed E-state index contributed by atoms with van der Waals surface area (Å²) < 4.78 is 0. The highest BCUT2D eigenvalue weighted by Gasteiger charge is 2.38. The molecule has 1 atom stereocenters. The highest BCUT2D eigenvalue weighted by Crippen LogP contribution is 2.30. The number of likely N-dealkylation sites (tertiary alicyclic amines) is 1. The summed E-state index contributed by atoms with van der Waals surface area (Å²) in [6.45, 7) is 5.51. The van der Waals surface area contributed by atoms with Gasteiger partial charge in [-0.15, -0.1) is 0 Å². The minimum atomic E-state index is -0.792. The number of nitrogens with zero attached hydrogens (tertiary/aromatic N) is 2. The molecule has 18 heavy (non-hydrogen) atoms. The maximum atomic E-state index is 12.6. The zero-order chi connectivity index (χ0) is 13.6. The molecule has 1 aliphatic heterocycles. The highest BCUT2D eigenvalue weighted by atomic mass is 32.2. The van der Waals surface area contributed by atoms with E-state index in [2.05, 4.69) is 12.3 Å². The van der Waals surface area contributed by atoms with Crippen molar-refractivity contribution in [2.45, 2.75) is 51.2 Å². The number of amides is 1. The highest BCUT2D eigenvalue weighted by molar-refractivity contribution is 7.99. The monoisotopic (exact) mass is 268 g/mol. The summed E-state index contributed by atoms with van der Waals surface area (Å²) in [5.74, 6) is 0.0525. The third kappa shape index (κ3) is 3.20. The summed E-state index contributed by atoms with van der Waals surface area (Å²) in [6.07, 6.45) is 6.67. The Morgan fingerprint density at radius 3 is 2.56 bits per heavy atom. The summed E-state index contributed by atoms with van der Waals surface area (Å²) in [5, 5.41) is 10.0. The van der Waals surface area contributed by atoms with Crippen molar-refractivity contribution < 1.29 is 4.79 Å². The average Bonchev–Trinajstić information content (AvgIpc) is 2.66. The second-order valence-electron chi connectivity index (χ2n) is 4.98. The number of hydrogen-bond donors (Lipinski definition) is 0. The molecule has 0 saturated carbocycles. The molecule has 4 heteroatoms. The van der Waals surface area contributed by atoms with Gasteiger partial charge >= 0.3 is 0 Å². The first kappa shape index (κ1) is 15.4. The van der Waals surface area contributed by atoms with Gasteiger partial charge in [0.05, 0.1) is 6.07 Å². The molecule has 0 N–H and O–H groups in total. The third-order valence-electron chi connectivity index (χ3n) is 4.13. The van der Waals surface area contributed by atoms with Gasteiger partial charge in [-0.1, -0.05) is 13.8 Å². The van der Waals surface area contributed by atoms with E-state index in [1.54, 1.807) is 0 Å². The van der Waals surface area contributed by atoms with Gasteiger partial charge < -0.3 is 4.90 Å². The van der Waals surface area contributed by atoms with Gasteiger partial charge in [0, 0.05) is 18.3 Å². The van der Waals surface area contributed by atoms with Crippen molar-refractivity contribution in [3.8, 4) is 6.07 Å². The van der Waals surface area contributed by atoms with Gasteiger partial charge in [-0.3, -0.25) is 4.79 Å². The second kappa shape index (κ2) is 7.04. The molecule has 1 fully saturated rings. The van der Waals surface area contributed by atoms with Crippen molar-refractivity contribution in [3.05, 3.63) is 0 Å². The van der Waals surface area contributed by atoms with Crippen LogP contribution in [0.4, 0.5) is 0 Å². The molecule has 1 aliphatic rings. The molecule has 0 aromatic heterocycles. The van der Waals surface area contributed by atoms with Gasteiger partial charge in [0.1, 0.15) is 5.41 Å². The van der Waals surface area contributed by atoms with Gasteiger partial charge in [0.25, 0.3) is 0 Å². The Hall–Kier alpha value is -0.690. The lowest BCUT2D eigenvalue weighted by molar-refractivity contribution is -0.139. The topological polar surface area (TPSA) is 44.1 Å². The van der Waals surface area contributed by atoms with Crippen molar-refractivity contribution in [1.29, 1.82) is 5.26 Å². The fourth-order valence-corrected chi connectivity index (χ4v) is 3.31. The van der Waals surface area contributed by atoms with Crippen molar-refractivity contribution in [3.63, 3.8) is 0 Å². The van der Waals surface area contributed by atoms with Crippen LogP contribution in [0.3, 0.4) is 0 Å². The minimum Gasteiger partial charge on any atom is -0.341 e. The first-order chi connectivity index (χ1) is 8.63. The lowest BCUT2D eigenvalue weighted by Crippen LogP contribution is -2.43. The van der Waals surface area contributed by atoms with E-state index in [9.17, 15) is 10.1 Å². The van der Waals surface area contributed by atoms with Gasteiger partial charge in [-0.25, -0.2) is 0 Å². The SMILES string of the molecule is CCC(C#N)(CC)C(=O)N1CCCC(SC)CC1. The Labute approximate surface area is 115 Å². The van der Waals surface area contributed by atoms with E-state index in [4.69, 9.17) is 0 Å². The Kier molecular flexibility index (Phi) is 6.01. The maximum Gasteiger partial charge on any atom is 0.243 e. The molecule has 102 valence electrons. The van der Waals surface area contributed by atoms with Crippen LogP contribution in [0.1, 0.15) is 46.0 Å². The Morgan fingerprint density at radius 1 is 1.39 bits per heavy atom. The first-order valence-electron chi connectivity index (χ1n) is 6.87. The molecule has 0 bridgehead atoms. The van der Waals surface area contributed by atoms with Crippen molar-refractivity contribution in [1.82, 2.24) is 4.90 Å². The summed E-state index contributed by atoms with van der Waals surface area (Å²) >= 11 is 1.89. The van der Waals surface area contributed by atoms with Crippen LogP contribution in [0.5, 0.6) is 0 Å². The fraction of sp³-hybridized carbons (Fsp3) is 0.857. The van der Waals surface area contributed by atoms with Crippen molar-refractivity contribution >= 4 is 17.7 Å². The normalized spacial score (nSPS) is 21.2. The molecular weight excluding hydrogens is 244 g/mol. The standard InChI is InChI=1S/C14H24N2OS/c1-4-14(5-2,11-15)13(17)16-9-6-7-12(18-3)8-10-16/h12H,4-10H2,1-3H3. The van der Waals surface area contributed by atoms with Crippen LogP contribution in [0.2, 0.25) is 0 Å². The van der Waals surface area contributed by atoms with E-state index in [-0.39, 0.29) is 5.91 Å². The van der Waals surface area contributed by atoms with Crippen LogP contribution < -0.4 is 0 Å². The van der Waals surface area contributed by atoms with E-state index >= 15 is 0 Å². The molecule has 1 heterocycles. The largest absolute Gasteiger partial charge is 0.341 e. The molecule has 0 spiro atoms. The van der Waals surface area contributed by atoms with Gasteiger partial charge in [-0.05, 0) is 38.4 Å². The number of carbonyl (C=O) groups is 1. The molecule has 1 rings (SSSR count). The first-order valence-corrected chi connectivity index (χ1v) is 8.15. The molecule has 0 aromatic rings. The fourth-order valence-electron chi connectivity index (χ4n) is 2.57. The Morgan fingerprint density at radius 2 is 2.06 bits per heavy atom. The van der Waals surface area contributed by atoms with Gasteiger partial charge in [-0.2, -0.15) is 17.0 Å².